The van der Waals surface area contributed by atoms with Crippen LogP contribution in [-0.4, -0.2) is 36.1 Å². The Bertz CT molecular complexity index is 331. The van der Waals surface area contributed by atoms with Gasteiger partial charge in [-0.2, -0.15) is 5.10 Å². The molecule has 1 saturated heterocycles. The molecule has 17 heavy (non-hydrogen) atoms. The van der Waals surface area contributed by atoms with E-state index in [0.29, 0.717) is 12.0 Å². The van der Waals surface area contributed by atoms with E-state index in [4.69, 9.17) is 4.74 Å². The van der Waals surface area contributed by atoms with Crippen molar-refractivity contribution < 1.29 is 4.74 Å². The van der Waals surface area contributed by atoms with Crippen molar-refractivity contribution in [3.8, 4) is 0 Å². The third-order valence-electron chi connectivity index (χ3n) is 3.77. The van der Waals surface area contributed by atoms with Crippen molar-refractivity contribution in [1.82, 2.24) is 15.1 Å². The molecule has 96 valence electrons. The van der Waals surface area contributed by atoms with Crippen molar-refractivity contribution in [1.29, 1.82) is 0 Å². The largest absolute Gasteiger partial charge is 0.381 e. The highest BCUT2D eigenvalue weighted by molar-refractivity contribution is 5.00. The quantitative estimate of drug-likeness (QED) is 0.840. The molecule has 2 heterocycles. The minimum atomic E-state index is 0.560. The Kier molecular flexibility index (Phi) is 4.57. The molecule has 2 unspecified atom stereocenters. The molecule has 1 N–H and O–H groups in total. The maximum atomic E-state index is 5.57. The van der Waals surface area contributed by atoms with E-state index in [0.717, 1.165) is 26.1 Å². The van der Waals surface area contributed by atoms with Gasteiger partial charge in [-0.25, -0.2) is 0 Å². The van der Waals surface area contributed by atoms with Crippen LogP contribution >= 0.6 is 0 Å². The van der Waals surface area contributed by atoms with Crippen LogP contribution in [0.5, 0.6) is 0 Å². The molecule has 2 atom stereocenters. The average molecular weight is 237 g/mol. The van der Waals surface area contributed by atoms with Crippen LogP contribution in [0.15, 0.2) is 12.3 Å². The maximum absolute atomic E-state index is 5.57. The molecule has 1 fully saturated rings. The van der Waals surface area contributed by atoms with Crippen molar-refractivity contribution in [2.75, 3.05) is 20.3 Å². The molecule has 4 heteroatoms. The number of aryl methyl sites for hydroxylation is 2. The summed E-state index contributed by atoms with van der Waals surface area (Å²) in [4.78, 5) is 0. The van der Waals surface area contributed by atoms with Crippen LogP contribution < -0.4 is 5.32 Å². The van der Waals surface area contributed by atoms with E-state index < -0.39 is 0 Å². The lowest BCUT2D eigenvalue weighted by molar-refractivity contribution is 0.0391. The van der Waals surface area contributed by atoms with E-state index >= 15 is 0 Å². The molecule has 1 aliphatic heterocycles. The Morgan fingerprint density at radius 2 is 2.53 bits per heavy atom. The summed E-state index contributed by atoms with van der Waals surface area (Å²) in [7, 11) is 4.07. The third-order valence-corrected chi connectivity index (χ3v) is 3.77. The summed E-state index contributed by atoms with van der Waals surface area (Å²) in [5.41, 5.74) is 1.31. The predicted molar refractivity (Wildman–Crippen MR) is 67.9 cm³/mol. The monoisotopic (exact) mass is 237 g/mol. The van der Waals surface area contributed by atoms with Gasteiger partial charge in [0.05, 0.1) is 6.61 Å². The molecule has 0 aliphatic carbocycles. The topological polar surface area (TPSA) is 39.1 Å². The van der Waals surface area contributed by atoms with E-state index in [9.17, 15) is 0 Å². The Morgan fingerprint density at radius 1 is 1.65 bits per heavy atom. The van der Waals surface area contributed by atoms with E-state index in [-0.39, 0.29) is 0 Å². The number of aromatic nitrogens is 2. The summed E-state index contributed by atoms with van der Waals surface area (Å²) in [5, 5.41) is 7.65. The maximum Gasteiger partial charge on any atom is 0.0509 e. The SMILES string of the molecule is CNC(CCc1ccnn1C)C1CCCOC1. The van der Waals surface area contributed by atoms with Crippen LogP contribution in [0.2, 0.25) is 0 Å². The van der Waals surface area contributed by atoms with Crippen molar-refractivity contribution in [3.05, 3.63) is 18.0 Å². The zero-order valence-corrected chi connectivity index (χ0v) is 10.9. The number of nitrogens with one attached hydrogen (secondary N) is 1. The first-order chi connectivity index (χ1) is 8.31. The molecule has 4 nitrogen and oxygen atoms in total. The van der Waals surface area contributed by atoms with Crippen LogP contribution in [0.3, 0.4) is 0 Å². The third kappa shape index (κ3) is 3.30. The normalized spacial score (nSPS) is 22.6. The fourth-order valence-electron chi connectivity index (χ4n) is 2.65. The Balaban J connectivity index is 1.84. The van der Waals surface area contributed by atoms with Gasteiger partial charge in [0.15, 0.2) is 0 Å². The minimum absolute atomic E-state index is 0.560. The van der Waals surface area contributed by atoms with Crippen molar-refractivity contribution in [2.45, 2.75) is 31.7 Å². The highest BCUT2D eigenvalue weighted by Gasteiger charge is 2.22. The standard InChI is InChI=1S/C13H23N3O/c1-14-13(11-4-3-9-17-10-11)6-5-12-7-8-15-16(12)2/h7-8,11,13-14H,3-6,9-10H2,1-2H3. The highest BCUT2D eigenvalue weighted by atomic mass is 16.5. The molecule has 0 saturated carbocycles. The summed E-state index contributed by atoms with van der Waals surface area (Å²) in [6, 6.07) is 2.66. The smallest absolute Gasteiger partial charge is 0.0509 e. The lowest BCUT2D eigenvalue weighted by Gasteiger charge is -2.30. The Labute approximate surface area is 103 Å². The van der Waals surface area contributed by atoms with Gasteiger partial charge in [-0.15, -0.1) is 0 Å². The first kappa shape index (κ1) is 12.6. The van der Waals surface area contributed by atoms with E-state index in [1.54, 1.807) is 0 Å². The second-order valence-electron chi connectivity index (χ2n) is 4.86. The van der Waals surface area contributed by atoms with Crippen LogP contribution in [0, 0.1) is 5.92 Å². The van der Waals surface area contributed by atoms with Gasteiger partial charge in [0.2, 0.25) is 0 Å². The van der Waals surface area contributed by atoms with Crippen LogP contribution in [-0.2, 0) is 18.2 Å². The second kappa shape index (κ2) is 6.17. The van der Waals surface area contributed by atoms with Gasteiger partial charge >= 0.3 is 0 Å². The van der Waals surface area contributed by atoms with E-state index in [1.165, 1.54) is 18.5 Å². The highest BCUT2D eigenvalue weighted by Crippen LogP contribution is 2.20. The second-order valence-corrected chi connectivity index (χ2v) is 4.86. The fourth-order valence-corrected chi connectivity index (χ4v) is 2.65. The first-order valence-corrected chi connectivity index (χ1v) is 6.53. The summed E-state index contributed by atoms with van der Waals surface area (Å²) >= 11 is 0. The van der Waals surface area contributed by atoms with Crippen LogP contribution in [0.4, 0.5) is 0 Å². The molecule has 0 bridgehead atoms. The molecule has 0 spiro atoms. The molecular formula is C13H23N3O. The summed E-state index contributed by atoms with van der Waals surface area (Å²) < 4.78 is 7.53. The zero-order valence-electron chi connectivity index (χ0n) is 10.9. The number of nitrogens with zero attached hydrogens (tertiary/aromatic N) is 2. The van der Waals surface area contributed by atoms with Gasteiger partial charge in [-0.1, -0.05) is 0 Å². The summed E-state index contributed by atoms with van der Waals surface area (Å²) in [6.45, 7) is 1.85. The van der Waals surface area contributed by atoms with Crippen LogP contribution in [0.1, 0.15) is 25.0 Å². The minimum Gasteiger partial charge on any atom is -0.381 e. The molecule has 0 amide bonds. The summed E-state index contributed by atoms with van der Waals surface area (Å²) in [6.07, 6.45) is 6.60. The Hall–Kier alpha value is -0.870. The Morgan fingerprint density at radius 3 is 3.12 bits per heavy atom. The van der Waals surface area contributed by atoms with E-state index in [1.807, 2.05) is 17.9 Å². The number of hydrogen-bond donors (Lipinski definition) is 1. The number of hydrogen-bond acceptors (Lipinski definition) is 3. The van der Waals surface area contributed by atoms with Gasteiger partial charge in [0.25, 0.3) is 0 Å². The molecular weight excluding hydrogens is 214 g/mol. The molecule has 1 aliphatic rings. The van der Waals surface area contributed by atoms with Crippen molar-refractivity contribution >= 4 is 0 Å². The average Bonchev–Trinajstić information content (AvgIpc) is 2.77. The van der Waals surface area contributed by atoms with Gasteiger partial charge in [0, 0.05) is 31.6 Å². The van der Waals surface area contributed by atoms with Crippen molar-refractivity contribution in [3.63, 3.8) is 0 Å². The summed E-state index contributed by atoms with van der Waals surface area (Å²) in [5.74, 6) is 0.668. The first-order valence-electron chi connectivity index (χ1n) is 6.53. The molecule has 2 rings (SSSR count). The molecule has 1 aromatic rings. The molecule has 0 aromatic carbocycles. The lowest BCUT2D eigenvalue weighted by Crippen LogP contribution is -2.38. The fraction of sp³-hybridized carbons (Fsp3) is 0.769. The van der Waals surface area contributed by atoms with Gasteiger partial charge in [-0.3, -0.25) is 4.68 Å². The zero-order chi connectivity index (χ0) is 12.1. The van der Waals surface area contributed by atoms with Crippen LogP contribution in [0.25, 0.3) is 0 Å². The van der Waals surface area contributed by atoms with Gasteiger partial charge < -0.3 is 10.1 Å². The number of rotatable bonds is 5. The van der Waals surface area contributed by atoms with Gasteiger partial charge in [-0.05, 0) is 44.7 Å². The van der Waals surface area contributed by atoms with Crippen molar-refractivity contribution in [2.24, 2.45) is 13.0 Å². The van der Waals surface area contributed by atoms with Gasteiger partial charge in [0.1, 0.15) is 0 Å². The molecule has 1 aromatic heterocycles. The van der Waals surface area contributed by atoms with E-state index in [2.05, 4.69) is 23.5 Å². The number of ether oxygens (including phenoxy) is 1. The molecule has 0 radical (unpaired) electrons. The predicted octanol–water partition coefficient (Wildman–Crippen LogP) is 1.37. The lowest BCUT2D eigenvalue weighted by atomic mass is 9.90.